The van der Waals surface area contributed by atoms with E-state index in [1.54, 1.807) is 6.20 Å². The van der Waals surface area contributed by atoms with Crippen LogP contribution in [-0.2, 0) is 25.6 Å². The molecule has 0 bridgehead atoms. The average molecular weight is 521 g/mol. The lowest BCUT2D eigenvalue weighted by Gasteiger charge is -2.21. The monoisotopic (exact) mass is 520 g/mol. The van der Waals surface area contributed by atoms with Gasteiger partial charge in [0, 0.05) is 29.4 Å². The largest absolute Gasteiger partial charge is 0.480 e. The summed E-state index contributed by atoms with van der Waals surface area (Å²) in [6.45, 7) is -0.219. The van der Waals surface area contributed by atoms with E-state index in [-0.39, 0.29) is 31.1 Å². The molecule has 1 aromatic carbocycles. The molecular formula is C22H32N8O5S. The number of carboxylic acids is 1. The van der Waals surface area contributed by atoms with Crippen LogP contribution < -0.4 is 33.2 Å². The molecule has 0 saturated carbocycles. The molecule has 36 heavy (non-hydrogen) atoms. The van der Waals surface area contributed by atoms with Crippen LogP contribution in [0.1, 0.15) is 18.4 Å². The van der Waals surface area contributed by atoms with Gasteiger partial charge in [0.1, 0.15) is 12.1 Å². The van der Waals surface area contributed by atoms with Gasteiger partial charge in [-0.1, -0.05) is 18.2 Å². The molecule has 0 spiro atoms. The van der Waals surface area contributed by atoms with Gasteiger partial charge in [0.15, 0.2) is 5.96 Å². The third-order valence-electron chi connectivity index (χ3n) is 5.27. The number of fused-ring (bicyclic) bond motifs is 1. The Morgan fingerprint density at radius 1 is 1.08 bits per heavy atom. The Labute approximate surface area is 213 Å². The predicted octanol–water partition coefficient (Wildman–Crippen LogP) is -1.81. The van der Waals surface area contributed by atoms with Crippen LogP contribution in [0, 0.1) is 0 Å². The Hall–Kier alpha value is -3.78. The molecule has 2 rings (SSSR count). The van der Waals surface area contributed by atoms with Gasteiger partial charge in [-0.15, -0.1) is 0 Å². The van der Waals surface area contributed by atoms with Crippen LogP contribution >= 0.6 is 12.6 Å². The Balaban J connectivity index is 1.92. The summed E-state index contributed by atoms with van der Waals surface area (Å²) in [6.07, 6.45) is 2.50. The van der Waals surface area contributed by atoms with E-state index in [0.29, 0.717) is 6.42 Å². The predicted molar refractivity (Wildman–Crippen MR) is 138 cm³/mol. The molecule has 0 aliphatic heterocycles. The second-order valence-corrected chi connectivity index (χ2v) is 8.40. The molecule has 3 amide bonds. The number of H-pyrrole nitrogens is 1. The molecule has 11 N–H and O–H groups in total. The highest BCUT2D eigenvalue weighted by atomic mass is 32.1. The molecule has 14 heteroatoms. The highest BCUT2D eigenvalue weighted by Crippen LogP contribution is 2.18. The van der Waals surface area contributed by atoms with Gasteiger partial charge in [0.2, 0.25) is 17.7 Å². The van der Waals surface area contributed by atoms with Crippen LogP contribution in [0.25, 0.3) is 10.9 Å². The smallest absolute Gasteiger partial charge is 0.327 e. The Kier molecular flexibility index (Phi) is 11.0. The van der Waals surface area contributed by atoms with Gasteiger partial charge in [-0.2, -0.15) is 12.6 Å². The van der Waals surface area contributed by atoms with Crippen LogP contribution in [0.4, 0.5) is 0 Å². The van der Waals surface area contributed by atoms with Crippen molar-refractivity contribution >= 4 is 53.2 Å². The molecule has 0 aliphatic carbocycles. The second kappa shape index (κ2) is 13.9. The summed E-state index contributed by atoms with van der Waals surface area (Å²) in [5.74, 6) is -3.42. The summed E-state index contributed by atoms with van der Waals surface area (Å²) in [5, 5.41) is 17.4. The highest BCUT2D eigenvalue weighted by molar-refractivity contribution is 7.80. The van der Waals surface area contributed by atoms with Gasteiger partial charge in [0.05, 0.1) is 12.6 Å². The fourth-order valence-corrected chi connectivity index (χ4v) is 3.65. The van der Waals surface area contributed by atoms with Gasteiger partial charge in [-0.25, -0.2) is 4.79 Å². The third kappa shape index (κ3) is 8.78. The number of aromatic nitrogens is 1. The molecule has 0 aliphatic rings. The minimum Gasteiger partial charge on any atom is -0.480 e. The van der Waals surface area contributed by atoms with Crippen molar-refractivity contribution in [3.63, 3.8) is 0 Å². The number of nitrogens with two attached hydrogens (primary N) is 3. The van der Waals surface area contributed by atoms with Gasteiger partial charge < -0.3 is 43.2 Å². The summed E-state index contributed by atoms with van der Waals surface area (Å²) in [4.78, 5) is 55.6. The lowest BCUT2D eigenvalue weighted by molar-refractivity contribution is -0.141. The standard InChI is InChI=1S/C22H32N8O5S/c23-14(8-12-9-27-15-5-2-1-4-13(12)15)19(32)28-10-18(31)29-16(6-3-7-26-22(24)25)20(33)30-17(11-36)21(34)35/h1-2,4-5,9,14,16-17,27,36H,3,6-8,10-11,23H2,(H,28,32)(H,29,31)(H,30,33)(H,34,35)(H4,24,25,26). The van der Waals surface area contributed by atoms with E-state index in [1.807, 2.05) is 24.3 Å². The number of para-hydroxylation sites is 1. The molecule has 2 aromatic rings. The number of carbonyl (C=O) groups excluding carboxylic acids is 3. The van der Waals surface area contributed by atoms with Crippen LogP contribution in [0.3, 0.4) is 0 Å². The van der Waals surface area contributed by atoms with Crippen LogP contribution in [-0.4, -0.2) is 76.7 Å². The number of aliphatic carboxylic acids is 1. The number of guanidine groups is 1. The van der Waals surface area contributed by atoms with E-state index < -0.39 is 48.4 Å². The zero-order valence-electron chi connectivity index (χ0n) is 19.6. The molecule has 3 unspecified atom stereocenters. The van der Waals surface area contributed by atoms with Crippen molar-refractivity contribution in [1.82, 2.24) is 20.9 Å². The number of thiol groups is 1. The number of hydrogen-bond donors (Lipinski definition) is 9. The molecule has 196 valence electrons. The Morgan fingerprint density at radius 3 is 2.47 bits per heavy atom. The van der Waals surface area contributed by atoms with Crippen LogP contribution in [0.2, 0.25) is 0 Å². The van der Waals surface area contributed by atoms with E-state index in [9.17, 15) is 19.2 Å². The Bertz CT molecular complexity index is 1100. The van der Waals surface area contributed by atoms with Crippen LogP contribution in [0.15, 0.2) is 35.5 Å². The number of carbonyl (C=O) groups is 4. The minimum atomic E-state index is -1.26. The summed E-state index contributed by atoms with van der Waals surface area (Å²) >= 11 is 3.91. The normalized spacial score (nSPS) is 13.3. The second-order valence-electron chi connectivity index (χ2n) is 8.04. The SMILES string of the molecule is NC(N)=NCCCC(NC(=O)CNC(=O)C(N)Cc1c[nH]c2ccccc12)C(=O)NC(CS)C(=O)O. The first-order valence-corrected chi connectivity index (χ1v) is 11.8. The number of benzene rings is 1. The van der Waals surface area contributed by atoms with Crippen molar-refractivity contribution in [3.8, 4) is 0 Å². The average Bonchev–Trinajstić information content (AvgIpc) is 3.24. The first-order valence-electron chi connectivity index (χ1n) is 11.2. The number of nitrogens with one attached hydrogen (secondary N) is 4. The van der Waals surface area contributed by atoms with Crippen LogP contribution in [0.5, 0.6) is 0 Å². The number of hydrogen-bond acceptors (Lipinski definition) is 7. The van der Waals surface area contributed by atoms with Gasteiger partial charge in [-0.05, 0) is 30.9 Å². The lowest BCUT2D eigenvalue weighted by atomic mass is 10.1. The van der Waals surface area contributed by atoms with Crippen molar-refractivity contribution in [2.45, 2.75) is 37.4 Å². The summed E-state index contributed by atoms with van der Waals surface area (Å²) < 4.78 is 0. The third-order valence-corrected chi connectivity index (χ3v) is 5.63. The van der Waals surface area contributed by atoms with Crippen molar-refractivity contribution in [3.05, 3.63) is 36.0 Å². The molecule has 0 fully saturated rings. The zero-order chi connectivity index (χ0) is 26.7. The first-order chi connectivity index (χ1) is 17.1. The van der Waals surface area contributed by atoms with Gasteiger partial charge >= 0.3 is 5.97 Å². The fourth-order valence-electron chi connectivity index (χ4n) is 3.40. The molecule has 1 aromatic heterocycles. The maximum atomic E-state index is 12.6. The van der Waals surface area contributed by atoms with E-state index in [4.69, 9.17) is 22.3 Å². The number of rotatable bonds is 14. The topological polar surface area (TPSA) is 231 Å². The van der Waals surface area contributed by atoms with Gasteiger partial charge in [0.25, 0.3) is 0 Å². The number of aliphatic imine (C=N–C) groups is 1. The number of aromatic amines is 1. The number of carboxylic acid groups (broad SMARTS) is 1. The molecule has 13 nitrogen and oxygen atoms in total. The Morgan fingerprint density at radius 2 is 1.81 bits per heavy atom. The van der Waals surface area contributed by atoms with Gasteiger partial charge in [-0.3, -0.25) is 19.4 Å². The zero-order valence-corrected chi connectivity index (χ0v) is 20.5. The van der Waals surface area contributed by atoms with Crippen molar-refractivity contribution in [1.29, 1.82) is 0 Å². The highest BCUT2D eigenvalue weighted by Gasteiger charge is 2.26. The number of amides is 3. The van der Waals surface area contributed by atoms with Crippen molar-refractivity contribution < 1.29 is 24.3 Å². The lowest BCUT2D eigenvalue weighted by Crippen LogP contribution is -2.54. The quantitative estimate of drug-likeness (QED) is 0.0595. The van der Waals surface area contributed by atoms with E-state index in [0.717, 1.165) is 16.5 Å². The van der Waals surface area contributed by atoms with E-state index >= 15 is 0 Å². The molecule has 1 heterocycles. The van der Waals surface area contributed by atoms with Crippen molar-refractivity contribution in [2.75, 3.05) is 18.8 Å². The summed E-state index contributed by atoms with van der Waals surface area (Å²) in [7, 11) is 0. The van der Waals surface area contributed by atoms with E-state index in [1.165, 1.54) is 0 Å². The van der Waals surface area contributed by atoms with E-state index in [2.05, 4.69) is 38.6 Å². The first kappa shape index (κ1) is 28.5. The fraction of sp³-hybridized carbons (Fsp3) is 0.409. The molecule has 3 atom stereocenters. The maximum Gasteiger partial charge on any atom is 0.327 e. The molecular weight excluding hydrogens is 488 g/mol. The summed E-state index contributed by atoms with van der Waals surface area (Å²) in [6, 6.07) is 4.39. The van der Waals surface area contributed by atoms with Crippen molar-refractivity contribution in [2.24, 2.45) is 22.2 Å². The number of nitrogens with zero attached hydrogens (tertiary/aromatic N) is 1. The summed E-state index contributed by atoms with van der Waals surface area (Å²) in [5.41, 5.74) is 18.4. The molecule has 0 saturated heterocycles. The molecule has 0 radical (unpaired) electrons. The maximum absolute atomic E-state index is 12.6. The minimum absolute atomic E-state index is 0.118.